The average Bonchev–Trinajstić information content (AvgIpc) is 2.83. The highest BCUT2D eigenvalue weighted by Gasteiger charge is 2.12. The Morgan fingerprint density at radius 2 is 2.05 bits per heavy atom. The molecule has 0 radical (unpaired) electrons. The minimum atomic E-state index is -0.313. The first kappa shape index (κ1) is 13.1. The molecule has 2 N–H and O–H groups in total. The molecule has 3 nitrogen and oxygen atoms in total. The number of fused-ring (bicyclic) bond motifs is 1. The number of hydrogen-bond donors (Lipinski definition) is 1. The molecule has 1 heterocycles. The molecular weight excluding hydrogens is 275 g/mol. The van der Waals surface area contributed by atoms with Gasteiger partial charge in [-0.05, 0) is 48.5 Å². The zero-order valence-corrected chi connectivity index (χ0v) is 11.7. The van der Waals surface area contributed by atoms with Gasteiger partial charge in [-0.2, -0.15) is 0 Å². The number of benzene rings is 2. The first-order valence-corrected chi connectivity index (χ1v) is 7.03. The Balaban J connectivity index is 1.90. The monoisotopic (exact) mass is 288 g/mol. The van der Waals surface area contributed by atoms with E-state index in [9.17, 15) is 4.39 Å². The maximum absolute atomic E-state index is 14.0. The van der Waals surface area contributed by atoms with Crippen molar-refractivity contribution in [2.75, 3.05) is 0 Å². The summed E-state index contributed by atoms with van der Waals surface area (Å²) >= 11 is 1.17. The van der Waals surface area contributed by atoms with Crippen molar-refractivity contribution < 1.29 is 8.81 Å². The molecule has 0 aliphatic heterocycles. The molecule has 1 atom stereocenters. The van der Waals surface area contributed by atoms with E-state index in [2.05, 4.69) is 4.98 Å². The lowest BCUT2D eigenvalue weighted by Gasteiger charge is -2.07. The fraction of sp³-hybridized carbons (Fsp3) is 0.133. The van der Waals surface area contributed by atoms with Gasteiger partial charge in [-0.1, -0.05) is 18.2 Å². The lowest BCUT2D eigenvalue weighted by molar-refractivity contribution is 0.488. The second kappa shape index (κ2) is 5.26. The minimum absolute atomic E-state index is 0.187. The van der Waals surface area contributed by atoms with Crippen LogP contribution in [0.3, 0.4) is 0 Å². The van der Waals surface area contributed by atoms with Gasteiger partial charge in [-0.25, -0.2) is 9.37 Å². The quantitative estimate of drug-likeness (QED) is 0.787. The van der Waals surface area contributed by atoms with Gasteiger partial charge in [0.15, 0.2) is 5.58 Å². The largest absolute Gasteiger partial charge is 0.431 e. The van der Waals surface area contributed by atoms with Crippen LogP contribution in [-0.2, 0) is 0 Å². The Morgan fingerprint density at radius 1 is 1.25 bits per heavy atom. The van der Waals surface area contributed by atoms with Gasteiger partial charge in [0.2, 0.25) is 0 Å². The summed E-state index contributed by atoms with van der Waals surface area (Å²) in [5.74, 6) is -0.313. The van der Waals surface area contributed by atoms with Gasteiger partial charge >= 0.3 is 0 Å². The lowest BCUT2D eigenvalue weighted by atomic mass is 10.1. The van der Waals surface area contributed by atoms with Crippen molar-refractivity contribution in [3.8, 4) is 0 Å². The van der Waals surface area contributed by atoms with Crippen molar-refractivity contribution in [3.05, 3.63) is 53.8 Å². The van der Waals surface area contributed by atoms with Crippen molar-refractivity contribution in [1.29, 1.82) is 0 Å². The molecule has 3 aromatic rings. The third kappa shape index (κ3) is 2.55. The molecule has 3 rings (SSSR count). The Hall–Kier alpha value is -1.85. The molecule has 0 aliphatic rings. The van der Waals surface area contributed by atoms with Crippen LogP contribution in [0.1, 0.15) is 18.5 Å². The van der Waals surface area contributed by atoms with E-state index < -0.39 is 0 Å². The first-order chi connectivity index (χ1) is 9.63. The fourth-order valence-electron chi connectivity index (χ4n) is 1.87. The number of rotatable bonds is 3. The summed E-state index contributed by atoms with van der Waals surface area (Å²) in [6.07, 6.45) is 0. The second-order valence-electron chi connectivity index (χ2n) is 4.53. The van der Waals surface area contributed by atoms with Crippen molar-refractivity contribution >= 4 is 22.9 Å². The average molecular weight is 288 g/mol. The standard InChI is InChI=1S/C15H13FN2OS/c1-9(17)10-6-7-14(11(16)8-10)20-15-18-12-4-2-3-5-13(12)19-15/h2-9H,17H2,1H3/t9-/m0/s1. The second-order valence-corrected chi connectivity index (χ2v) is 5.52. The van der Waals surface area contributed by atoms with Gasteiger partial charge in [-0.15, -0.1) is 0 Å². The zero-order valence-electron chi connectivity index (χ0n) is 10.8. The first-order valence-electron chi connectivity index (χ1n) is 6.22. The zero-order chi connectivity index (χ0) is 14.1. The summed E-state index contributed by atoms with van der Waals surface area (Å²) in [6, 6.07) is 12.2. The molecule has 5 heteroatoms. The van der Waals surface area contributed by atoms with E-state index in [1.165, 1.54) is 17.8 Å². The SMILES string of the molecule is C[C@H](N)c1ccc(Sc2nc3ccccc3o2)c(F)c1. The van der Waals surface area contributed by atoms with E-state index in [0.717, 1.165) is 11.1 Å². The molecule has 102 valence electrons. The van der Waals surface area contributed by atoms with Crippen LogP contribution < -0.4 is 5.73 Å². The molecule has 0 saturated heterocycles. The number of halogens is 1. The fourth-order valence-corrected chi connectivity index (χ4v) is 2.63. The molecule has 0 bridgehead atoms. The maximum atomic E-state index is 14.0. The summed E-state index contributed by atoms with van der Waals surface area (Å²) in [6.45, 7) is 1.82. The Labute approximate surface area is 120 Å². The molecule has 1 aromatic heterocycles. The number of para-hydroxylation sites is 2. The molecule has 2 aromatic carbocycles. The Kier molecular flexibility index (Phi) is 3.46. The summed E-state index contributed by atoms with van der Waals surface area (Å²) in [5, 5.41) is 0.429. The Bertz CT molecular complexity index is 721. The van der Waals surface area contributed by atoms with Crippen LogP contribution in [0.2, 0.25) is 0 Å². The van der Waals surface area contributed by atoms with Gasteiger partial charge in [0.05, 0.1) is 4.90 Å². The molecule has 0 saturated carbocycles. The van der Waals surface area contributed by atoms with E-state index >= 15 is 0 Å². The van der Waals surface area contributed by atoms with Crippen LogP contribution in [0.4, 0.5) is 4.39 Å². The molecule has 0 spiro atoms. The van der Waals surface area contributed by atoms with Crippen molar-refractivity contribution in [2.45, 2.75) is 23.1 Å². The highest BCUT2D eigenvalue weighted by atomic mass is 32.2. The highest BCUT2D eigenvalue weighted by Crippen LogP contribution is 2.32. The topological polar surface area (TPSA) is 52.0 Å². The normalized spacial score (nSPS) is 12.8. The number of hydrogen-bond acceptors (Lipinski definition) is 4. The van der Waals surface area contributed by atoms with Gasteiger partial charge in [0.25, 0.3) is 5.22 Å². The predicted molar refractivity (Wildman–Crippen MR) is 77.1 cm³/mol. The van der Waals surface area contributed by atoms with E-state index in [0.29, 0.717) is 15.7 Å². The number of nitrogens with two attached hydrogens (primary N) is 1. The molecule has 0 aliphatic carbocycles. The van der Waals surface area contributed by atoms with Gasteiger partial charge in [0, 0.05) is 6.04 Å². The lowest BCUT2D eigenvalue weighted by Crippen LogP contribution is -2.05. The summed E-state index contributed by atoms with van der Waals surface area (Å²) in [5.41, 5.74) is 7.96. The third-order valence-corrected chi connectivity index (χ3v) is 3.85. The number of nitrogens with zero attached hydrogens (tertiary/aromatic N) is 1. The molecule has 0 fully saturated rings. The van der Waals surface area contributed by atoms with E-state index in [1.807, 2.05) is 37.3 Å². The van der Waals surface area contributed by atoms with Gasteiger partial charge in [-0.3, -0.25) is 0 Å². The molecule has 0 amide bonds. The van der Waals surface area contributed by atoms with Crippen LogP contribution in [0.15, 0.2) is 57.0 Å². The summed E-state index contributed by atoms with van der Waals surface area (Å²) in [4.78, 5) is 4.78. The van der Waals surface area contributed by atoms with Crippen molar-refractivity contribution in [2.24, 2.45) is 5.73 Å². The van der Waals surface area contributed by atoms with Gasteiger partial charge in [0.1, 0.15) is 11.3 Å². The highest BCUT2D eigenvalue weighted by molar-refractivity contribution is 7.99. The molecule has 20 heavy (non-hydrogen) atoms. The van der Waals surface area contributed by atoms with Gasteiger partial charge < -0.3 is 10.2 Å². The third-order valence-electron chi connectivity index (χ3n) is 2.95. The van der Waals surface area contributed by atoms with Crippen molar-refractivity contribution in [1.82, 2.24) is 4.98 Å². The van der Waals surface area contributed by atoms with E-state index in [1.54, 1.807) is 6.07 Å². The smallest absolute Gasteiger partial charge is 0.261 e. The maximum Gasteiger partial charge on any atom is 0.261 e. The Morgan fingerprint density at radius 3 is 2.75 bits per heavy atom. The van der Waals surface area contributed by atoms with Crippen LogP contribution in [0.5, 0.6) is 0 Å². The number of oxazole rings is 1. The van der Waals surface area contributed by atoms with Crippen LogP contribution in [-0.4, -0.2) is 4.98 Å². The number of aromatic nitrogens is 1. The van der Waals surface area contributed by atoms with E-state index in [-0.39, 0.29) is 11.9 Å². The van der Waals surface area contributed by atoms with Crippen molar-refractivity contribution in [3.63, 3.8) is 0 Å². The van der Waals surface area contributed by atoms with E-state index in [4.69, 9.17) is 10.2 Å². The minimum Gasteiger partial charge on any atom is -0.431 e. The van der Waals surface area contributed by atoms with Crippen LogP contribution in [0, 0.1) is 5.82 Å². The predicted octanol–water partition coefficient (Wildman–Crippen LogP) is 4.14. The summed E-state index contributed by atoms with van der Waals surface area (Å²) < 4.78 is 19.6. The van der Waals surface area contributed by atoms with Crippen LogP contribution >= 0.6 is 11.8 Å². The summed E-state index contributed by atoms with van der Waals surface area (Å²) in [7, 11) is 0. The molecule has 0 unspecified atom stereocenters. The van der Waals surface area contributed by atoms with Crippen LogP contribution in [0.25, 0.3) is 11.1 Å². The molecular formula is C15H13FN2OS.